The van der Waals surface area contributed by atoms with Crippen LogP contribution in [0.2, 0.25) is 0 Å². The normalized spacial score (nSPS) is 19.5. The maximum absolute atomic E-state index is 9.25. The smallest absolute Gasteiger partial charge is 0.227 e. The topological polar surface area (TPSA) is 71.2 Å². The van der Waals surface area contributed by atoms with Gasteiger partial charge in [0.2, 0.25) is 11.7 Å². The zero-order valence-corrected chi connectivity index (χ0v) is 10.7. The second-order valence-electron chi connectivity index (χ2n) is 4.98. The van der Waals surface area contributed by atoms with E-state index in [1.807, 2.05) is 0 Å². The fraction of sp³-hybridized carbons (Fsp3) is 0.429. The first-order chi connectivity index (χ1) is 9.31. The summed E-state index contributed by atoms with van der Waals surface area (Å²) in [6.45, 7) is 2.13. The van der Waals surface area contributed by atoms with Gasteiger partial charge in [-0.05, 0) is 56.1 Å². The summed E-state index contributed by atoms with van der Waals surface area (Å²) in [7, 11) is 0. The van der Waals surface area contributed by atoms with Crippen molar-refractivity contribution in [2.24, 2.45) is 5.92 Å². The molecule has 1 aliphatic rings. The molecule has 1 unspecified atom stereocenters. The Labute approximate surface area is 111 Å². The van der Waals surface area contributed by atoms with Crippen molar-refractivity contribution in [2.75, 3.05) is 13.1 Å². The maximum atomic E-state index is 9.25. The van der Waals surface area contributed by atoms with Crippen LogP contribution in [-0.4, -0.2) is 28.3 Å². The Morgan fingerprint density at radius 1 is 1.32 bits per heavy atom. The standard InChI is InChI=1S/C14H17N3O2/c18-12-5-3-11(4-6-12)14-16-13(19-17-14)8-10-2-1-7-15-9-10/h3-6,10,15,18H,1-2,7-9H2. The molecule has 5 heteroatoms. The summed E-state index contributed by atoms with van der Waals surface area (Å²) in [6, 6.07) is 6.81. The number of piperidine rings is 1. The fourth-order valence-electron chi connectivity index (χ4n) is 2.41. The molecule has 19 heavy (non-hydrogen) atoms. The molecule has 5 nitrogen and oxygen atoms in total. The third-order valence-corrected chi connectivity index (χ3v) is 3.46. The zero-order chi connectivity index (χ0) is 13.1. The lowest BCUT2D eigenvalue weighted by molar-refractivity contribution is 0.316. The van der Waals surface area contributed by atoms with E-state index in [1.54, 1.807) is 24.3 Å². The highest BCUT2D eigenvalue weighted by atomic mass is 16.5. The first-order valence-corrected chi connectivity index (χ1v) is 6.64. The second kappa shape index (κ2) is 5.40. The summed E-state index contributed by atoms with van der Waals surface area (Å²) in [5, 5.41) is 16.6. The Hall–Kier alpha value is -1.88. The Balaban J connectivity index is 1.70. The van der Waals surface area contributed by atoms with Crippen LogP contribution in [0.25, 0.3) is 11.4 Å². The summed E-state index contributed by atoms with van der Waals surface area (Å²) in [4.78, 5) is 4.42. The maximum Gasteiger partial charge on any atom is 0.227 e. The molecule has 0 radical (unpaired) electrons. The first kappa shape index (κ1) is 12.2. The van der Waals surface area contributed by atoms with E-state index in [0.717, 1.165) is 25.1 Å². The van der Waals surface area contributed by atoms with E-state index in [4.69, 9.17) is 4.52 Å². The van der Waals surface area contributed by atoms with E-state index in [9.17, 15) is 5.11 Å². The monoisotopic (exact) mass is 259 g/mol. The van der Waals surface area contributed by atoms with Crippen LogP contribution in [0.1, 0.15) is 18.7 Å². The lowest BCUT2D eigenvalue weighted by Crippen LogP contribution is -2.30. The largest absolute Gasteiger partial charge is 0.508 e. The van der Waals surface area contributed by atoms with Gasteiger partial charge in [0.1, 0.15) is 5.75 Å². The molecule has 1 aromatic carbocycles. The number of nitrogens with zero attached hydrogens (tertiary/aromatic N) is 2. The molecule has 0 saturated carbocycles. The number of rotatable bonds is 3. The molecule has 2 aromatic rings. The van der Waals surface area contributed by atoms with Crippen LogP contribution in [0.4, 0.5) is 0 Å². The predicted molar refractivity (Wildman–Crippen MR) is 70.7 cm³/mol. The van der Waals surface area contributed by atoms with Crippen LogP contribution < -0.4 is 5.32 Å². The van der Waals surface area contributed by atoms with E-state index < -0.39 is 0 Å². The number of nitrogens with one attached hydrogen (secondary N) is 1. The van der Waals surface area contributed by atoms with Crippen molar-refractivity contribution < 1.29 is 9.63 Å². The lowest BCUT2D eigenvalue weighted by atomic mass is 9.96. The Bertz CT molecular complexity index is 530. The first-order valence-electron chi connectivity index (χ1n) is 6.64. The fourth-order valence-corrected chi connectivity index (χ4v) is 2.41. The number of phenolic OH excluding ortho intramolecular Hbond substituents is 1. The predicted octanol–water partition coefficient (Wildman–Crippen LogP) is 1.98. The number of hydrogen-bond donors (Lipinski definition) is 2. The van der Waals surface area contributed by atoms with Crippen LogP contribution in [0.15, 0.2) is 28.8 Å². The van der Waals surface area contributed by atoms with Gasteiger partial charge in [-0.15, -0.1) is 0 Å². The molecule has 0 amide bonds. The van der Waals surface area contributed by atoms with Crippen LogP contribution in [-0.2, 0) is 6.42 Å². The van der Waals surface area contributed by atoms with Gasteiger partial charge in [0.05, 0.1) is 0 Å². The number of benzene rings is 1. The van der Waals surface area contributed by atoms with Crippen LogP contribution >= 0.6 is 0 Å². The average Bonchev–Trinajstić information content (AvgIpc) is 2.89. The van der Waals surface area contributed by atoms with Crippen molar-refractivity contribution in [1.82, 2.24) is 15.5 Å². The highest BCUT2D eigenvalue weighted by Crippen LogP contribution is 2.21. The minimum absolute atomic E-state index is 0.237. The molecular weight excluding hydrogens is 242 g/mol. The van der Waals surface area contributed by atoms with Crippen molar-refractivity contribution in [2.45, 2.75) is 19.3 Å². The minimum Gasteiger partial charge on any atom is -0.508 e. The molecule has 0 aliphatic carbocycles. The second-order valence-corrected chi connectivity index (χ2v) is 4.98. The third kappa shape index (κ3) is 2.93. The molecule has 3 rings (SSSR count). The summed E-state index contributed by atoms with van der Waals surface area (Å²) < 4.78 is 5.30. The molecule has 1 atom stereocenters. The lowest BCUT2D eigenvalue weighted by Gasteiger charge is -2.20. The van der Waals surface area contributed by atoms with Crippen molar-refractivity contribution in [3.8, 4) is 17.1 Å². The minimum atomic E-state index is 0.237. The van der Waals surface area contributed by atoms with E-state index in [2.05, 4.69) is 15.5 Å². The van der Waals surface area contributed by atoms with Gasteiger partial charge in [0.15, 0.2) is 0 Å². The van der Waals surface area contributed by atoms with E-state index in [1.165, 1.54) is 12.8 Å². The van der Waals surface area contributed by atoms with Crippen molar-refractivity contribution in [3.05, 3.63) is 30.2 Å². The quantitative estimate of drug-likeness (QED) is 0.882. The van der Waals surface area contributed by atoms with Crippen molar-refractivity contribution in [3.63, 3.8) is 0 Å². The van der Waals surface area contributed by atoms with E-state index in [-0.39, 0.29) is 5.75 Å². The number of hydrogen-bond acceptors (Lipinski definition) is 5. The Morgan fingerprint density at radius 2 is 2.16 bits per heavy atom. The molecule has 2 heterocycles. The summed E-state index contributed by atoms with van der Waals surface area (Å²) in [6.07, 6.45) is 3.26. The summed E-state index contributed by atoms with van der Waals surface area (Å²) in [5.74, 6) is 2.10. The van der Waals surface area contributed by atoms with Gasteiger partial charge < -0.3 is 14.9 Å². The molecule has 0 bridgehead atoms. The molecule has 1 fully saturated rings. The molecule has 1 aromatic heterocycles. The molecule has 1 aliphatic heterocycles. The van der Waals surface area contributed by atoms with Crippen LogP contribution in [0.3, 0.4) is 0 Å². The van der Waals surface area contributed by atoms with E-state index in [0.29, 0.717) is 17.6 Å². The van der Waals surface area contributed by atoms with Crippen molar-refractivity contribution >= 4 is 0 Å². The van der Waals surface area contributed by atoms with Crippen molar-refractivity contribution in [1.29, 1.82) is 0 Å². The number of aromatic nitrogens is 2. The molecule has 2 N–H and O–H groups in total. The van der Waals surface area contributed by atoms with Gasteiger partial charge >= 0.3 is 0 Å². The molecule has 1 saturated heterocycles. The number of aromatic hydroxyl groups is 1. The average molecular weight is 259 g/mol. The van der Waals surface area contributed by atoms with Gasteiger partial charge in [0.25, 0.3) is 0 Å². The van der Waals surface area contributed by atoms with Gasteiger partial charge in [-0.2, -0.15) is 4.98 Å². The highest BCUT2D eigenvalue weighted by Gasteiger charge is 2.17. The number of phenols is 1. The Kier molecular flexibility index (Phi) is 3.46. The highest BCUT2D eigenvalue weighted by molar-refractivity contribution is 5.55. The summed E-state index contributed by atoms with van der Waals surface area (Å²) in [5.41, 5.74) is 0.856. The van der Waals surface area contributed by atoms with Crippen LogP contribution in [0, 0.1) is 5.92 Å². The SMILES string of the molecule is Oc1ccc(-c2noc(CC3CCCNC3)n2)cc1. The van der Waals surface area contributed by atoms with Gasteiger partial charge in [-0.3, -0.25) is 0 Å². The van der Waals surface area contributed by atoms with Gasteiger partial charge in [0, 0.05) is 12.0 Å². The summed E-state index contributed by atoms with van der Waals surface area (Å²) >= 11 is 0. The zero-order valence-electron chi connectivity index (χ0n) is 10.7. The van der Waals surface area contributed by atoms with Gasteiger partial charge in [-0.25, -0.2) is 0 Å². The Morgan fingerprint density at radius 3 is 2.89 bits per heavy atom. The van der Waals surface area contributed by atoms with Gasteiger partial charge in [-0.1, -0.05) is 5.16 Å². The van der Waals surface area contributed by atoms with Crippen LogP contribution in [0.5, 0.6) is 5.75 Å². The molecule has 100 valence electrons. The molecule has 0 spiro atoms. The molecular formula is C14H17N3O2. The van der Waals surface area contributed by atoms with E-state index >= 15 is 0 Å². The third-order valence-electron chi connectivity index (χ3n) is 3.46.